The summed E-state index contributed by atoms with van der Waals surface area (Å²) in [6.45, 7) is 1.11. The van der Waals surface area contributed by atoms with Crippen LogP contribution in [0.1, 0.15) is 10.4 Å². The third kappa shape index (κ3) is 2.70. The molecule has 0 bridgehead atoms. The van der Waals surface area contributed by atoms with Crippen LogP contribution in [0, 0.1) is 0 Å². The molecule has 0 aliphatic carbocycles. The van der Waals surface area contributed by atoms with E-state index < -0.39 is 0 Å². The lowest BCUT2D eigenvalue weighted by Gasteiger charge is -2.09. The first-order chi connectivity index (χ1) is 7.75. The van der Waals surface area contributed by atoms with Crippen molar-refractivity contribution in [2.75, 3.05) is 13.1 Å². The minimum absolute atomic E-state index is 0.0693. The third-order valence-electron chi connectivity index (χ3n) is 2.27. The first kappa shape index (κ1) is 10.9. The number of hydrogen-bond donors (Lipinski definition) is 2. The van der Waals surface area contributed by atoms with Gasteiger partial charge in [-0.1, -0.05) is 18.2 Å². The number of hydrogen-bond acceptors (Lipinski definition) is 3. The number of nitrogens with one attached hydrogen (secondary N) is 2. The Morgan fingerprint density at radius 1 is 1.50 bits per heavy atom. The number of benzene rings is 1. The molecular weight excluding hydrogens is 224 g/mol. The van der Waals surface area contributed by atoms with Crippen molar-refractivity contribution in [1.82, 2.24) is 10.6 Å². The van der Waals surface area contributed by atoms with E-state index in [-0.39, 0.29) is 12.0 Å². The molecule has 1 aromatic rings. The molecule has 16 heavy (non-hydrogen) atoms. The van der Waals surface area contributed by atoms with Crippen LogP contribution in [0.25, 0.3) is 0 Å². The molecule has 2 rings (SSSR count). The molecule has 1 fully saturated rings. The monoisotopic (exact) mass is 236 g/mol. The number of rotatable bonds is 3. The molecule has 5 heteroatoms. The number of amides is 1. The summed E-state index contributed by atoms with van der Waals surface area (Å²) in [6, 6.07) is 9.08. The van der Waals surface area contributed by atoms with Crippen molar-refractivity contribution >= 4 is 23.3 Å². The predicted octanol–water partition coefficient (Wildman–Crippen LogP) is 0.690. The summed E-state index contributed by atoms with van der Waals surface area (Å²) in [5, 5.41) is 6.09. The van der Waals surface area contributed by atoms with Gasteiger partial charge in [-0.15, -0.1) is 0 Å². The second-order valence-electron chi connectivity index (χ2n) is 3.48. The summed E-state index contributed by atoms with van der Waals surface area (Å²) < 4.78 is 5.25. The summed E-state index contributed by atoms with van der Waals surface area (Å²) >= 11 is 4.82. The van der Waals surface area contributed by atoms with Gasteiger partial charge in [0.25, 0.3) is 11.1 Å². The Kier molecular flexibility index (Phi) is 3.36. The normalized spacial score (nSPS) is 18.8. The van der Waals surface area contributed by atoms with Crippen molar-refractivity contribution in [3.8, 4) is 0 Å². The van der Waals surface area contributed by atoms with E-state index in [9.17, 15) is 4.79 Å². The van der Waals surface area contributed by atoms with Gasteiger partial charge in [0.2, 0.25) is 0 Å². The second kappa shape index (κ2) is 4.94. The molecule has 1 heterocycles. The lowest BCUT2D eigenvalue weighted by Crippen LogP contribution is -2.33. The van der Waals surface area contributed by atoms with Crippen LogP contribution in [-0.4, -0.2) is 30.3 Å². The van der Waals surface area contributed by atoms with E-state index >= 15 is 0 Å². The lowest BCUT2D eigenvalue weighted by molar-refractivity contribution is 0.0934. The zero-order chi connectivity index (χ0) is 11.4. The average molecular weight is 236 g/mol. The van der Waals surface area contributed by atoms with Crippen LogP contribution >= 0.6 is 12.2 Å². The minimum Gasteiger partial charge on any atom is -0.464 e. The average Bonchev–Trinajstić information content (AvgIpc) is 2.73. The van der Waals surface area contributed by atoms with Crippen LogP contribution in [0.2, 0.25) is 0 Å². The highest BCUT2D eigenvalue weighted by atomic mass is 32.1. The molecule has 1 saturated heterocycles. The van der Waals surface area contributed by atoms with Gasteiger partial charge in [-0.3, -0.25) is 4.79 Å². The topological polar surface area (TPSA) is 50.4 Å². The predicted molar refractivity (Wildman–Crippen MR) is 64.2 cm³/mol. The molecule has 84 valence electrons. The molecule has 1 atom stereocenters. The van der Waals surface area contributed by atoms with Crippen molar-refractivity contribution in [3.05, 3.63) is 35.9 Å². The van der Waals surface area contributed by atoms with Crippen LogP contribution in [0.15, 0.2) is 30.3 Å². The molecule has 0 aromatic heterocycles. The molecule has 1 aliphatic heterocycles. The maximum atomic E-state index is 11.7. The Morgan fingerprint density at radius 3 is 2.88 bits per heavy atom. The van der Waals surface area contributed by atoms with Crippen LogP contribution in [0.3, 0.4) is 0 Å². The Morgan fingerprint density at radius 2 is 2.25 bits per heavy atom. The second-order valence-corrected chi connectivity index (χ2v) is 3.86. The number of carbonyl (C=O) groups is 1. The molecule has 1 unspecified atom stereocenters. The Balaban J connectivity index is 1.82. The van der Waals surface area contributed by atoms with E-state index in [0.717, 1.165) is 0 Å². The van der Waals surface area contributed by atoms with Gasteiger partial charge in [0.15, 0.2) is 0 Å². The molecule has 4 nitrogen and oxygen atoms in total. The smallest absolute Gasteiger partial charge is 0.257 e. The molecule has 2 N–H and O–H groups in total. The fraction of sp³-hybridized carbons (Fsp3) is 0.273. The fourth-order valence-corrected chi connectivity index (χ4v) is 1.66. The number of carbonyl (C=O) groups excluding carboxylic acids is 1. The molecule has 1 amide bonds. The molecule has 0 saturated carbocycles. The van der Waals surface area contributed by atoms with Crippen LogP contribution in [0.4, 0.5) is 0 Å². The minimum atomic E-state index is -0.0954. The van der Waals surface area contributed by atoms with Gasteiger partial charge in [0.1, 0.15) is 6.10 Å². The third-order valence-corrected chi connectivity index (χ3v) is 2.51. The molecule has 0 radical (unpaired) electrons. The number of thiocarbonyl (C=S) groups is 1. The van der Waals surface area contributed by atoms with E-state index in [4.69, 9.17) is 17.0 Å². The van der Waals surface area contributed by atoms with Gasteiger partial charge in [-0.05, 0) is 24.4 Å². The van der Waals surface area contributed by atoms with E-state index in [1.165, 1.54) is 0 Å². The molecule has 1 aliphatic rings. The van der Waals surface area contributed by atoms with E-state index in [2.05, 4.69) is 10.6 Å². The summed E-state index contributed by atoms with van der Waals surface area (Å²) in [4.78, 5) is 11.7. The SMILES string of the molecule is O=C(NCC1CNC(=S)O1)c1ccccc1. The number of ether oxygens (including phenoxy) is 1. The zero-order valence-corrected chi connectivity index (χ0v) is 9.42. The van der Waals surface area contributed by atoms with E-state index in [1.807, 2.05) is 18.2 Å². The van der Waals surface area contributed by atoms with Gasteiger partial charge in [0, 0.05) is 5.56 Å². The van der Waals surface area contributed by atoms with Crippen molar-refractivity contribution < 1.29 is 9.53 Å². The van der Waals surface area contributed by atoms with Crippen LogP contribution in [-0.2, 0) is 4.74 Å². The van der Waals surface area contributed by atoms with Gasteiger partial charge >= 0.3 is 0 Å². The van der Waals surface area contributed by atoms with Crippen LogP contribution in [0.5, 0.6) is 0 Å². The molecule has 1 aromatic carbocycles. The summed E-state index contributed by atoms with van der Waals surface area (Å²) in [5.74, 6) is -0.0954. The highest BCUT2D eigenvalue weighted by Crippen LogP contribution is 2.01. The van der Waals surface area contributed by atoms with Crippen molar-refractivity contribution in [2.45, 2.75) is 6.10 Å². The highest BCUT2D eigenvalue weighted by Gasteiger charge is 2.20. The quantitative estimate of drug-likeness (QED) is 0.758. The molecule has 0 spiro atoms. The lowest BCUT2D eigenvalue weighted by atomic mass is 10.2. The van der Waals surface area contributed by atoms with Crippen molar-refractivity contribution in [3.63, 3.8) is 0 Å². The largest absolute Gasteiger partial charge is 0.464 e. The summed E-state index contributed by atoms with van der Waals surface area (Å²) in [5.41, 5.74) is 0.649. The Bertz CT molecular complexity index is 394. The van der Waals surface area contributed by atoms with Gasteiger partial charge in [0.05, 0.1) is 13.1 Å². The maximum Gasteiger partial charge on any atom is 0.257 e. The summed E-state index contributed by atoms with van der Waals surface area (Å²) in [6.07, 6.45) is -0.0693. The van der Waals surface area contributed by atoms with Crippen LogP contribution < -0.4 is 10.6 Å². The first-order valence-electron chi connectivity index (χ1n) is 5.03. The van der Waals surface area contributed by atoms with Gasteiger partial charge < -0.3 is 15.4 Å². The zero-order valence-electron chi connectivity index (χ0n) is 8.60. The van der Waals surface area contributed by atoms with Gasteiger partial charge in [-0.25, -0.2) is 0 Å². The Hall–Kier alpha value is -1.62. The maximum absolute atomic E-state index is 11.7. The highest BCUT2D eigenvalue weighted by molar-refractivity contribution is 7.80. The standard InChI is InChI=1S/C11H12N2O2S/c14-10(8-4-2-1-3-5-8)12-6-9-7-13-11(16)15-9/h1-5,9H,6-7H2,(H,12,14)(H,13,16). The van der Waals surface area contributed by atoms with Gasteiger partial charge in [-0.2, -0.15) is 0 Å². The molecular formula is C11H12N2O2S. The van der Waals surface area contributed by atoms with E-state index in [0.29, 0.717) is 23.8 Å². The van der Waals surface area contributed by atoms with Crippen molar-refractivity contribution in [2.24, 2.45) is 0 Å². The fourth-order valence-electron chi connectivity index (χ4n) is 1.44. The van der Waals surface area contributed by atoms with Crippen molar-refractivity contribution in [1.29, 1.82) is 0 Å². The van der Waals surface area contributed by atoms with E-state index in [1.54, 1.807) is 12.1 Å². The summed E-state index contributed by atoms with van der Waals surface area (Å²) in [7, 11) is 0. The first-order valence-corrected chi connectivity index (χ1v) is 5.44. The Labute approximate surface area is 99.0 Å².